The molecule has 0 aliphatic carbocycles. The molecule has 1 amide bonds. The average Bonchev–Trinajstić information content (AvgIpc) is 2.26. The minimum Gasteiger partial charge on any atom is -0.481 e. The van der Waals surface area contributed by atoms with E-state index in [1.165, 1.54) is 0 Å². The zero-order valence-electron chi connectivity index (χ0n) is 12.5. The Hall–Kier alpha value is -1.91. The Bertz CT molecular complexity index is 498. The summed E-state index contributed by atoms with van der Waals surface area (Å²) < 4.78 is 0. The third-order valence-electron chi connectivity index (χ3n) is 3.03. The van der Waals surface area contributed by atoms with E-state index in [0.717, 1.165) is 11.4 Å². The Kier molecular flexibility index (Phi) is 5.25. The molecule has 110 valence electrons. The van der Waals surface area contributed by atoms with Crippen molar-refractivity contribution in [1.82, 2.24) is 9.88 Å². The monoisotopic (exact) mass is 278 g/mol. The number of hydrogen-bond acceptors (Lipinski definition) is 3. The molecule has 0 aliphatic heterocycles. The van der Waals surface area contributed by atoms with E-state index in [9.17, 15) is 9.59 Å². The molecule has 20 heavy (non-hydrogen) atoms. The molecular weight excluding hydrogens is 256 g/mol. The number of carboxylic acids is 1. The molecule has 1 aromatic rings. The normalized spacial score (nSPS) is 11.2. The molecule has 5 nitrogen and oxygen atoms in total. The van der Waals surface area contributed by atoms with E-state index >= 15 is 0 Å². The van der Waals surface area contributed by atoms with Crippen LogP contribution >= 0.6 is 0 Å². The average molecular weight is 278 g/mol. The first-order chi connectivity index (χ1) is 9.19. The largest absolute Gasteiger partial charge is 0.481 e. The first-order valence-electron chi connectivity index (χ1n) is 6.58. The predicted molar refractivity (Wildman–Crippen MR) is 76.1 cm³/mol. The Morgan fingerprint density at radius 3 is 2.50 bits per heavy atom. The van der Waals surface area contributed by atoms with Crippen LogP contribution in [0.15, 0.2) is 18.2 Å². The molecule has 0 aliphatic rings. The van der Waals surface area contributed by atoms with Crippen molar-refractivity contribution in [2.75, 3.05) is 7.05 Å². The standard InChI is InChI=1S/C15H22N2O3/c1-11-6-5-7-12(16-11)10-17(4)13(18)8-15(2,3)9-14(19)20/h5-7H,8-10H2,1-4H3,(H,19,20). The summed E-state index contributed by atoms with van der Waals surface area (Å²) in [4.78, 5) is 28.8. The minimum atomic E-state index is -0.884. The highest BCUT2D eigenvalue weighted by molar-refractivity contribution is 5.77. The number of nitrogens with zero attached hydrogens (tertiary/aromatic N) is 2. The van der Waals surface area contributed by atoms with Gasteiger partial charge in [0.25, 0.3) is 0 Å². The summed E-state index contributed by atoms with van der Waals surface area (Å²) in [6, 6.07) is 5.69. The molecule has 1 N–H and O–H groups in total. The molecule has 0 aromatic carbocycles. The molecule has 1 rings (SSSR count). The molecule has 0 fully saturated rings. The van der Waals surface area contributed by atoms with Gasteiger partial charge in [-0.15, -0.1) is 0 Å². The number of aromatic nitrogens is 1. The zero-order chi connectivity index (χ0) is 15.3. The second kappa shape index (κ2) is 6.50. The van der Waals surface area contributed by atoms with Crippen LogP contribution in [0.25, 0.3) is 0 Å². The van der Waals surface area contributed by atoms with Crippen LogP contribution in [0.5, 0.6) is 0 Å². The number of carbonyl (C=O) groups excluding carboxylic acids is 1. The summed E-state index contributed by atoms with van der Waals surface area (Å²) in [5.41, 5.74) is 1.20. The fourth-order valence-corrected chi connectivity index (χ4v) is 2.03. The lowest BCUT2D eigenvalue weighted by molar-refractivity contribution is -0.140. The van der Waals surface area contributed by atoms with E-state index in [-0.39, 0.29) is 18.7 Å². The Morgan fingerprint density at radius 2 is 1.95 bits per heavy atom. The van der Waals surface area contributed by atoms with Crippen molar-refractivity contribution in [3.63, 3.8) is 0 Å². The van der Waals surface area contributed by atoms with Crippen molar-refractivity contribution in [3.05, 3.63) is 29.6 Å². The van der Waals surface area contributed by atoms with Crippen LogP contribution in [-0.2, 0) is 16.1 Å². The maximum atomic E-state index is 12.1. The van der Waals surface area contributed by atoms with E-state index < -0.39 is 11.4 Å². The third-order valence-corrected chi connectivity index (χ3v) is 3.03. The highest BCUT2D eigenvalue weighted by Gasteiger charge is 2.26. The molecule has 1 heterocycles. The molecule has 0 saturated carbocycles. The van der Waals surface area contributed by atoms with E-state index in [4.69, 9.17) is 5.11 Å². The number of hydrogen-bond donors (Lipinski definition) is 1. The fourth-order valence-electron chi connectivity index (χ4n) is 2.03. The molecule has 5 heteroatoms. The van der Waals surface area contributed by atoms with E-state index in [1.54, 1.807) is 25.8 Å². The van der Waals surface area contributed by atoms with E-state index in [2.05, 4.69) is 4.98 Å². The molecular formula is C15H22N2O3. The van der Waals surface area contributed by atoms with Gasteiger partial charge >= 0.3 is 5.97 Å². The summed E-state index contributed by atoms with van der Waals surface area (Å²) in [5, 5.41) is 8.83. The predicted octanol–water partition coefficient (Wildman–Crippen LogP) is 2.24. The van der Waals surface area contributed by atoms with Gasteiger partial charge in [-0.2, -0.15) is 0 Å². The van der Waals surface area contributed by atoms with Gasteiger partial charge in [0, 0.05) is 19.2 Å². The maximum Gasteiger partial charge on any atom is 0.303 e. The molecule has 0 unspecified atom stereocenters. The molecule has 0 bridgehead atoms. The van der Waals surface area contributed by atoms with Gasteiger partial charge in [-0.1, -0.05) is 19.9 Å². The second-order valence-electron chi connectivity index (χ2n) is 5.93. The summed E-state index contributed by atoms with van der Waals surface area (Å²) in [6.45, 7) is 5.92. The first kappa shape index (κ1) is 16.1. The topological polar surface area (TPSA) is 70.5 Å². The van der Waals surface area contributed by atoms with Gasteiger partial charge in [-0.25, -0.2) is 0 Å². The number of aryl methyl sites for hydroxylation is 1. The Balaban J connectivity index is 2.61. The van der Waals surface area contributed by atoms with Crippen LogP contribution in [0.1, 0.15) is 38.1 Å². The van der Waals surface area contributed by atoms with Gasteiger partial charge in [-0.3, -0.25) is 14.6 Å². The van der Waals surface area contributed by atoms with Gasteiger partial charge in [0.15, 0.2) is 0 Å². The maximum absolute atomic E-state index is 12.1. The SMILES string of the molecule is Cc1cccc(CN(C)C(=O)CC(C)(C)CC(=O)O)n1. The lowest BCUT2D eigenvalue weighted by Crippen LogP contribution is -2.32. The van der Waals surface area contributed by atoms with Gasteiger partial charge < -0.3 is 10.0 Å². The lowest BCUT2D eigenvalue weighted by Gasteiger charge is -2.25. The van der Waals surface area contributed by atoms with Crippen molar-refractivity contribution >= 4 is 11.9 Å². The summed E-state index contributed by atoms with van der Waals surface area (Å²) >= 11 is 0. The number of aliphatic carboxylic acids is 1. The van der Waals surface area contributed by atoms with Crippen molar-refractivity contribution in [2.24, 2.45) is 5.41 Å². The van der Waals surface area contributed by atoms with Gasteiger partial charge in [0.05, 0.1) is 18.7 Å². The van der Waals surface area contributed by atoms with Crippen LogP contribution in [-0.4, -0.2) is 33.9 Å². The lowest BCUT2D eigenvalue weighted by atomic mass is 9.85. The Labute approximate surface area is 119 Å². The van der Waals surface area contributed by atoms with Crippen LogP contribution in [0, 0.1) is 12.3 Å². The minimum absolute atomic E-state index is 0.0186. The van der Waals surface area contributed by atoms with E-state index in [1.807, 2.05) is 25.1 Å². The highest BCUT2D eigenvalue weighted by Crippen LogP contribution is 2.25. The highest BCUT2D eigenvalue weighted by atomic mass is 16.4. The van der Waals surface area contributed by atoms with Gasteiger partial charge in [-0.05, 0) is 24.5 Å². The zero-order valence-corrected chi connectivity index (χ0v) is 12.5. The van der Waals surface area contributed by atoms with Gasteiger partial charge in [0.1, 0.15) is 0 Å². The molecule has 0 atom stereocenters. The van der Waals surface area contributed by atoms with Crippen molar-refractivity contribution in [2.45, 2.75) is 40.2 Å². The first-order valence-corrected chi connectivity index (χ1v) is 6.58. The molecule has 1 aromatic heterocycles. The number of pyridine rings is 1. The number of carboxylic acid groups (broad SMARTS) is 1. The van der Waals surface area contributed by atoms with Crippen molar-refractivity contribution in [3.8, 4) is 0 Å². The second-order valence-corrected chi connectivity index (χ2v) is 5.93. The van der Waals surface area contributed by atoms with Gasteiger partial charge in [0.2, 0.25) is 5.91 Å². The number of carbonyl (C=O) groups is 2. The van der Waals surface area contributed by atoms with Crippen molar-refractivity contribution in [1.29, 1.82) is 0 Å². The van der Waals surface area contributed by atoms with Crippen LogP contribution < -0.4 is 0 Å². The summed E-state index contributed by atoms with van der Waals surface area (Å²) in [6.07, 6.45) is 0.191. The molecule has 0 radical (unpaired) electrons. The third kappa shape index (κ3) is 5.38. The smallest absolute Gasteiger partial charge is 0.303 e. The molecule has 0 spiro atoms. The number of rotatable bonds is 6. The van der Waals surface area contributed by atoms with Crippen molar-refractivity contribution < 1.29 is 14.7 Å². The fraction of sp³-hybridized carbons (Fsp3) is 0.533. The quantitative estimate of drug-likeness (QED) is 0.866. The summed E-state index contributed by atoms with van der Waals surface area (Å²) in [7, 11) is 1.71. The summed E-state index contributed by atoms with van der Waals surface area (Å²) in [5.74, 6) is -0.953. The van der Waals surface area contributed by atoms with E-state index in [0.29, 0.717) is 6.54 Å². The van der Waals surface area contributed by atoms with Crippen LogP contribution in [0.3, 0.4) is 0 Å². The van der Waals surface area contributed by atoms with Crippen LogP contribution in [0.4, 0.5) is 0 Å². The molecule has 0 saturated heterocycles. The Morgan fingerprint density at radius 1 is 1.30 bits per heavy atom. The van der Waals surface area contributed by atoms with Crippen LogP contribution in [0.2, 0.25) is 0 Å². The number of amides is 1.